The molecule has 0 bridgehead atoms. The van der Waals surface area contributed by atoms with Crippen molar-refractivity contribution in [1.82, 2.24) is 9.88 Å². The molecule has 0 spiro atoms. The number of unbranched alkanes of at least 4 members (excludes halogenated alkanes) is 1. The van der Waals surface area contributed by atoms with E-state index in [1.807, 2.05) is 29.2 Å². The van der Waals surface area contributed by atoms with E-state index in [0.29, 0.717) is 31.7 Å². The Kier molecular flexibility index (Phi) is 5.28. The first-order valence-electron chi connectivity index (χ1n) is 9.83. The van der Waals surface area contributed by atoms with Crippen molar-refractivity contribution in [1.29, 1.82) is 0 Å². The summed E-state index contributed by atoms with van der Waals surface area (Å²) in [6.45, 7) is 4.75. The summed E-state index contributed by atoms with van der Waals surface area (Å²) in [5, 5.41) is 0.892. The monoisotopic (exact) mass is 381 g/mol. The zero-order valence-electron chi connectivity index (χ0n) is 16.0. The van der Waals surface area contributed by atoms with E-state index in [9.17, 15) is 9.18 Å². The number of aromatic nitrogens is 1. The zero-order chi connectivity index (χ0) is 19.5. The highest BCUT2D eigenvalue weighted by Crippen LogP contribution is 2.29. The summed E-state index contributed by atoms with van der Waals surface area (Å²) >= 11 is 0. The van der Waals surface area contributed by atoms with Crippen LogP contribution in [-0.2, 0) is 6.42 Å². The van der Waals surface area contributed by atoms with Gasteiger partial charge in [-0.25, -0.2) is 4.98 Å². The van der Waals surface area contributed by atoms with Crippen LogP contribution in [-0.4, -0.2) is 42.0 Å². The number of hydrogen-bond donors (Lipinski definition) is 0. The SMILES string of the molecule is CCCCc1oc2ccccc2c1C(=O)N1CCN(c2ccc(F)nc2)CC1. The minimum absolute atomic E-state index is 0.0351. The molecule has 1 amide bonds. The van der Waals surface area contributed by atoms with Gasteiger partial charge in [-0.2, -0.15) is 4.39 Å². The van der Waals surface area contributed by atoms with Crippen molar-refractivity contribution >= 4 is 22.6 Å². The van der Waals surface area contributed by atoms with Gasteiger partial charge in [-0.1, -0.05) is 31.5 Å². The molecule has 6 heteroatoms. The second-order valence-corrected chi connectivity index (χ2v) is 7.12. The fraction of sp³-hybridized carbons (Fsp3) is 0.364. The molecule has 3 heterocycles. The number of anilines is 1. The van der Waals surface area contributed by atoms with Crippen molar-refractivity contribution in [3.63, 3.8) is 0 Å². The number of fused-ring (bicyclic) bond motifs is 1. The number of nitrogens with zero attached hydrogens (tertiary/aromatic N) is 3. The Bertz CT molecular complexity index is 960. The maximum absolute atomic E-state index is 13.3. The zero-order valence-corrected chi connectivity index (χ0v) is 16.0. The molecule has 0 N–H and O–H groups in total. The standard InChI is InChI=1S/C22H24FN3O2/c1-2-3-7-19-21(17-6-4-5-8-18(17)28-19)22(27)26-13-11-25(12-14-26)16-9-10-20(23)24-15-16/h4-6,8-10,15H,2-3,7,11-14H2,1H3. The van der Waals surface area contributed by atoms with Gasteiger partial charge >= 0.3 is 0 Å². The van der Waals surface area contributed by atoms with Crippen molar-refractivity contribution in [3.05, 3.63) is 59.9 Å². The number of para-hydroxylation sites is 1. The second-order valence-electron chi connectivity index (χ2n) is 7.12. The molecular formula is C22H24FN3O2. The Hall–Kier alpha value is -2.89. The Labute approximate surface area is 163 Å². The van der Waals surface area contributed by atoms with Crippen LogP contribution in [0.15, 0.2) is 47.0 Å². The van der Waals surface area contributed by atoms with Gasteiger partial charge in [-0.3, -0.25) is 4.79 Å². The summed E-state index contributed by atoms with van der Waals surface area (Å²) in [6, 6.07) is 10.8. The maximum Gasteiger partial charge on any atom is 0.258 e. The number of halogens is 1. The van der Waals surface area contributed by atoms with Gasteiger partial charge in [0.25, 0.3) is 5.91 Å². The Balaban J connectivity index is 1.53. The number of furan rings is 1. The van der Waals surface area contributed by atoms with Crippen LogP contribution in [0.25, 0.3) is 11.0 Å². The van der Waals surface area contributed by atoms with Crippen LogP contribution in [0.3, 0.4) is 0 Å². The van der Waals surface area contributed by atoms with E-state index in [4.69, 9.17) is 4.42 Å². The molecule has 1 aromatic carbocycles. The summed E-state index contributed by atoms with van der Waals surface area (Å²) < 4.78 is 19.1. The molecule has 0 saturated carbocycles. The molecule has 0 radical (unpaired) electrons. The van der Waals surface area contributed by atoms with E-state index in [2.05, 4.69) is 16.8 Å². The molecule has 1 saturated heterocycles. The smallest absolute Gasteiger partial charge is 0.258 e. The number of benzene rings is 1. The summed E-state index contributed by atoms with van der Waals surface area (Å²) in [6.07, 6.45) is 4.35. The minimum atomic E-state index is -0.482. The minimum Gasteiger partial charge on any atom is -0.460 e. The first kappa shape index (κ1) is 18.5. The Morgan fingerprint density at radius 1 is 1.14 bits per heavy atom. The molecule has 2 aromatic heterocycles. The first-order valence-corrected chi connectivity index (χ1v) is 9.83. The van der Waals surface area contributed by atoms with Crippen molar-refractivity contribution in [2.45, 2.75) is 26.2 Å². The molecule has 0 atom stereocenters. The number of piperazine rings is 1. The number of rotatable bonds is 5. The molecule has 4 rings (SSSR count). The van der Waals surface area contributed by atoms with Crippen molar-refractivity contribution in [2.75, 3.05) is 31.1 Å². The molecule has 28 heavy (non-hydrogen) atoms. The fourth-order valence-electron chi connectivity index (χ4n) is 3.72. The predicted molar refractivity (Wildman–Crippen MR) is 107 cm³/mol. The van der Waals surface area contributed by atoms with E-state index in [0.717, 1.165) is 41.7 Å². The van der Waals surface area contributed by atoms with Crippen LogP contribution in [0.2, 0.25) is 0 Å². The summed E-state index contributed by atoms with van der Waals surface area (Å²) in [4.78, 5) is 21.1. The van der Waals surface area contributed by atoms with Gasteiger partial charge in [0, 0.05) is 38.0 Å². The average Bonchev–Trinajstić information content (AvgIpc) is 3.10. The van der Waals surface area contributed by atoms with E-state index < -0.39 is 5.95 Å². The number of aryl methyl sites for hydroxylation is 1. The third-order valence-corrected chi connectivity index (χ3v) is 5.28. The maximum atomic E-state index is 13.3. The largest absolute Gasteiger partial charge is 0.460 e. The number of hydrogen-bond acceptors (Lipinski definition) is 4. The molecule has 0 unspecified atom stereocenters. The highest BCUT2D eigenvalue weighted by molar-refractivity contribution is 6.07. The highest BCUT2D eigenvalue weighted by Gasteiger charge is 2.27. The third-order valence-electron chi connectivity index (χ3n) is 5.28. The van der Waals surface area contributed by atoms with Gasteiger partial charge in [0.2, 0.25) is 5.95 Å². The fourth-order valence-corrected chi connectivity index (χ4v) is 3.72. The van der Waals surface area contributed by atoms with Crippen LogP contribution in [0.5, 0.6) is 0 Å². The number of pyridine rings is 1. The lowest BCUT2D eigenvalue weighted by atomic mass is 10.1. The Morgan fingerprint density at radius 3 is 2.64 bits per heavy atom. The van der Waals surface area contributed by atoms with Crippen molar-refractivity contribution in [3.8, 4) is 0 Å². The van der Waals surface area contributed by atoms with E-state index in [-0.39, 0.29) is 5.91 Å². The number of carbonyl (C=O) groups excluding carboxylic acids is 1. The molecule has 3 aromatic rings. The lowest BCUT2D eigenvalue weighted by Crippen LogP contribution is -2.49. The topological polar surface area (TPSA) is 49.6 Å². The first-order chi connectivity index (χ1) is 13.7. The predicted octanol–water partition coefficient (Wildman–Crippen LogP) is 4.27. The molecule has 1 fully saturated rings. The van der Waals surface area contributed by atoms with Crippen LogP contribution in [0, 0.1) is 5.95 Å². The van der Waals surface area contributed by atoms with Crippen molar-refractivity contribution in [2.24, 2.45) is 0 Å². The Morgan fingerprint density at radius 2 is 1.93 bits per heavy atom. The summed E-state index contributed by atoms with van der Waals surface area (Å²) in [5.41, 5.74) is 2.36. The molecule has 1 aliphatic rings. The molecule has 0 aliphatic carbocycles. The van der Waals surface area contributed by atoms with Crippen LogP contribution >= 0.6 is 0 Å². The lowest BCUT2D eigenvalue weighted by Gasteiger charge is -2.36. The van der Waals surface area contributed by atoms with E-state index in [1.165, 1.54) is 6.07 Å². The highest BCUT2D eigenvalue weighted by atomic mass is 19.1. The molecule has 1 aliphatic heterocycles. The van der Waals surface area contributed by atoms with Gasteiger partial charge in [-0.05, 0) is 24.6 Å². The third kappa shape index (κ3) is 3.59. The molecule has 146 valence electrons. The van der Waals surface area contributed by atoms with E-state index >= 15 is 0 Å². The summed E-state index contributed by atoms with van der Waals surface area (Å²) in [5.74, 6) is 0.343. The number of amides is 1. The van der Waals surface area contributed by atoms with Gasteiger partial charge < -0.3 is 14.2 Å². The van der Waals surface area contributed by atoms with Crippen LogP contribution < -0.4 is 4.90 Å². The van der Waals surface area contributed by atoms with Gasteiger partial charge in [0.1, 0.15) is 11.3 Å². The van der Waals surface area contributed by atoms with Crippen molar-refractivity contribution < 1.29 is 13.6 Å². The van der Waals surface area contributed by atoms with Crippen LogP contribution in [0.1, 0.15) is 35.9 Å². The molecular weight excluding hydrogens is 357 g/mol. The van der Waals surface area contributed by atoms with Gasteiger partial charge in [0.05, 0.1) is 17.4 Å². The summed E-state index contributed by atoms with van der Waals surface area (Å²) in [7, 11) is 0. The second kappa shape index (κ2) is 8.00. The average molecular weight is 381 g/mol. The van der Waals surface area contributed by atoms with Gasteiger partial charge in [-0.15, -0.1) is 0 Å². The van der Waals surface area contributed by atoms with Crippen LogP contribution in [0.4, 0.5) is 10.1 Å². The molecule has 5 nitrogen and oxygen atoms in total. The quantitative estimate of drug-likeness (QED) is 0.619. The lowest BCUT2D eigenvalue weighted by molar-refractivity contribution is 0.0746. The number of carbonyl (C=O) groups is 1. The van der Waals surface area contributed by atoms with E-state index in [1.54, 1.807) is 12.3 Å². The van der Waals surface area contributed by atoms with Gasteiger partial charge in [0.15, 0.2) is 0 Å². The normalized spacial score (nSPS) is 14.6.